The van der Waals surface area contributed by atoms with Gasteiger partial charge in [-0.15, -0.1) is 0 Å². The molecule has 1 amide bonds. The highest BCUT2D eigenvalue weighted by Gasteiger charge is 2.28. The fourth-order valence-corrected chi connectivity index (χ4v) is 2.98. The molecule has 2 aromatic rings. The number of hydrogen-bond donors (Lipinski definition) is 3. The van der Waals surface area contributed by atoms with Crippen molar-refractivity contribution in [1.29, 1.82) is 0 Å². The Balaban J connectivity index is 2.43. The van der Waals surface area contributed by atoms with Gasteiger partial charge in [-0.2, -0.15) is 0 Å². The van der Waals surface area contributed by atoms with E-state index < -0.39 is 11.7 Å². The number of aromatic nitrogens is 1. The number of nitrogens with one attached hydrogen (secondary N) is 2. The number of benzene rings is 1. The third-order valence-corrected chi connectivity index (χ3v) is 4.21. The predicted molar refractivity (Wildman–Crippen MR) is 100.0 cm³/mol. The van der Waals surface area contributed by atoms with E-state index >= 15 is 0 Å². The van der Waals surface area contributed by atoms with Gasteiger partial charge in [0.2, 0.25) is 0 Å². The van der Waals surface area contributed by atoms with Crippen LogP contribution in [0, 0.1) is 12.7 Å². The molecular weight excluding hydrogens is 377 g/mol. The molecular formula is C18H21ClFN3O4. The molecule has 0 fully saturated rings. The number of amides is 1. The van der Waals surface area contributed by atoms with E-state index in [2.05, 4.69) is 10.8 Å². The molecule has 1 heterocycles. The molecule has 0 aliphatic rings. The molecule has 0 atom stereocenters. The number of carbonyl (C=O) groups is 2. The minimum absolute atomic E-state index is 0.0478. The van der Waals surface area contributed by atoms with E-state index in [9.17, 15) is 14.0 Å². The van der Waals surface area contributed by atoms with E-state index in [0.717, 1.165) is 5.56 Å². The van der Waals surface area contributed by atoms with Gasteiger partial charge in [0.05, 0.1) is 17.3 Å². The first kappa shape index (κ1) is 20.9. The second kappa shape index (κ2) is 8.98. The van der Waals surface area contributed by atoms with Gasteiger partial charge >= 0.3 is 0 Å². The summed E-state index contributed by atoms with van der Waals surface area (Å²) in [7, 11) is 1.54. The van der Waals surface area contributed by atoms with E-state index in [-0.39, 0.29) is 46.8 Å². The van der Waals surface area contributed by atoms with Crippen molar-refractivity contribution in [3.63, 3.8) is 0 Å². The van der Waals surface area contributed by atoms with Crippen molar-refractivity contribution in [2.24, 2.45) is 7.05 Å². The fourth-order valence-electron chi connectivity index (χ4n) is 2.55. The van der Waals surface area contributed by atoms with E-state index in [0.29, 0.717) is 6.42 Å². The fraction of sp³-hybridized carbons (Fsp3) is 0.333. The molecule has 146 valence electrons. The number of aliphatic hydroxyl groups excluding tert-OH is 1. The summed E-state index contributed by atoms with van der Waals surface area (Å²) in [5, 5.41) is 11.5. The Kier molecular flexibility index (Phi) is 6.95. The third kappa shape index (κ3) is 4.65. The Morgan fingerprint density at radius 1 is 1.37 bits per heavy atom. The summed E-state index contributed by atoms with van der Waals surface area (Å²) in [5.41, 5.74) is 3.13. The molecule has 1 aromatic heterocycles. The Bertz CT molecular complexity index is 867. The van der Waals surface area contributed by atoms with Crippen molar-refractivity contribution in [2.75, 3.05) is 18.5 Å². The van der Waals surface area contributed by atoms with Crippen LogP contribution in [-0.4, -0.2) is 34.6 Å². The van der Waals surface area contributed by atoms with Crippen LogP contribution < -0.4 is 10.8 Å². The molecule has 0 aliphatic carbocycles. The summed E-state index contributed by atoms with van der Waals surface area (Å²) >= 11 is 6.26. The Labute approximate surface area is 161 Å². The molecule has 0 spiro atoms. The van der Waals surface area contributed by atoms with Crippen molar-refractivity contribution in [3.05, 3.63) is 45.9 Å². The molecule has 0 saturated heterocycles. The smallest absolute Gasteiger partial charge is 0.280 e. The van der Waals surface area contributed by atoms with Gasteiger partial charge in [0, 0.05) is 20.6 Å². The number of anilines is 2. The SMILES string of the molecule is CC(=O)c1c(Cl)c(C(=O)NOCCCO)c(Nc2ccc(C)cc2F)n1C. The topological polar surface area (TPSA) is 92.6 Å². The molecule has 3 N–H and O–H groups in total. The minimum Gasteiger partial charge on any atom is -0.396 e. The van der Waals surface area contributed by atoms with Crippen LogP contribution in [0.5, 0.6) is 0 Å². The van der Waals surface area contributed by atoms with Crippen LogP contribution in [0.2, 0.25) is 5.02 Å². The van der Waals surface area contributed by atoms with Crippen molar-refractivity contribution >= 4 is 34.8 Å². The number of carbonyl (C=O) groups excluding carboxylic acids is 2. The summed E-state index contributed by atoms with van der Waals surface area (Å²) in [6.45, 7) is 3.08. The van der Waals surface area contributed by atoms with Gasteiger partial charge in [-0.05, 0) is 31.0 Å². The summed E-state index contributed by atoms with van der Waals surface area (Å²) in [6.07, 6.45) is 0.335. The zero-order valence-corrected chi connectivity index (χ0v) is 16.0. The van der Waals surface area contributed by atoms with Crippen LogP contribution in [0.1, 0.15) is 39.8 Å². The molecule has 0 aliphatic heterocycles. The molecule has 0 unspecified atom stereocenters. The lowest BCUT2D eigenvalue weighted by Gasteiger charge is -2.12. The zero-order chi connectivity index (χ0) is 20.1. The van der Waals surface area contributed by atoms with Gasteiger partial charge in [-0.25, -0.2) is 9.87 Å². The van der Waals surface area contributed by atoms with E-state index in [1.165, 1.54) is 23.6 Å². The quantitative estimate of drug-likeness (QED) is 0.361. The highest BCUT2D eigenvalue weighted by Crippen LogP contribution is 2.34. The molecule has 9 heteroatoms. The number of rotatable bonds is 8. The number of halogens is 2. The number of hydrogen-bond acceptors (Lipinski definition) is 5. The lowest BCUT2D eigenvalue weighted by Crippen LogP contribution is -2.25. The largest absolute Gasteiger partial charge is 0.396 e. The number of aryl methyl sites for hydroxylation is 1. The molecule has 0 bridgehead atoms. The third-order valence-electron chi connectivity index (χ3n) is 3.84. The molecule has 2 rings (SSSR count). The summed E-state index contributed by atoms with van der Waals surface area (Å²) in [6, 6.07) is 4.58. The average Bonchev–Trinajstić information content (AvgIpc) is 2.84. The number of Topliss-reactive ketones (excluding diaryl/α,β-unsaturated/α-hetero) is 1. The highest BCUT2D eigenvalue weighted by atomic mass is 35.5. The van der Waals surface area contributed by atoms with E-state index in [1.807, 2.05) is 0 Å². The standard InChI is InChI=1S/C18H21ClFN3O4/c1-10-5-6-13(12(20)9-10)21-17-14(18(26)22-27-8-4-7-24)15(19)16(11(2)25)23(17)3/h5-6,9,21,24H,4,7-8H2,1-3H3,(H,22,26). The number of ketones is 1. The molecule has 1 aromatic carbocycles. The van der Waals surface area contributed by atoms with Gasteiger partial charge in [0.15, 0.2) is 5.78 Å². The average molecular weight is 398 g/mol. The van der Waals surface area contributed by atoms with Crippen molar-refractivity contribution in [2.45, 2.75) is 20.3 Å². The van der Waals surface area contributed by atoms with Gasteiger partial charge in [0.25, 0.3) is 5.91 Å². The second-order valence-electron chi connectivity index (χ2n) is 5.97. The van der Waals surface area contributed by atoms with Gasteiger partial charge < -0.3 is 15.0 Å². The van der Waals surface area contributed by atoms with Crippen LogP contribution in [-0.2, 0) is 11.9 Å². The maximum absolute atomic E-state index is 14.2. The first-order chi connectivity index (χ1) is 12.8. The maximum atomic E-state index is 14.2. The van der Waals surface area contributed by atoms with Crippen LogP contribution in [0.3, 0.4) is 0 Å². The van der Waals surface area contributed by atoms with Crippen LogP contribution in [0.25, 0.3) is 0 Å². The van der Waals surface area contributed by atoms with E-state index in [4.69, 9.17) is 21.5 Å². The summed E-state index contributed by atoms with van der Waals surface area (Å²) in [4.78, 5) is 29.5. The molecule has 0 saturated carbocycles. The van der Waals surface area contributed by atoms with Gasteiger partial charge in [0.1, 0.15) is 22.9 Å². The highest BCUT2D eigenvalue weighted by molar-refractivity contribution is 6.37. The Morgan fingerprint density at radius 3 is 2.67 bits per heavy atom. The van der Waals surface area contributed by atoms with Gasteiger partial charge in [-0.1, -0.05) is 17.7 Å². The minimum atomic E-state index is -0.698. The Hall–Kier alpha value is -2.42. The zero-order valence-electron chi connectivity index (χ0n) is 15.2. The Morgan fingerprint density at radius 2 is 2.07 bits per heavy atom. The van der Waals surface area contributed by atoms with Crippen LogP contribution >= 0.6 is 11.6 Å². The van der Waals surface area contributed by atoms with Crippen LogP contribution in [0.4, 0.5) is 15.9 Å². The second-order valence-corrected chi connectivity index (χ2v) is 6.34. The summed E-state index contributed by atoms with van der Waals surface area (Å²) in [5.74, 6) is -1.41. The molecule has 0 radical (unpaired) electrons. The molecule has 7 nitrogen and oxygen atoms in total. The van der Waals surface area contributed by atoms with Crippen LogP contribution in [0.15, 0.2) is 18.2 Å². The van der Waals surface area contributed by atoms with Crippen molar-refractivity contribution < 1.29 is 23.9 Å². The monoisotopic (exact) mass is 397 g/mol. The molecule has 27 heavy (non-hydrogen) atoms. The number of aliphatic hydroxyl groups is 1. The first-order valence-electron chi connectivity index (χ1n) is 8.23. The lowest BCUT2D eigenvalue weighted by atomic mass is 10.2. The first-order valence-corrected chi connectivity index (χ1v) is 8.61. The summed E-state index contributed by atoms with van der Waals surface area (Å²) < 4.78 is 15.6. The van der Waals surface area contributed by atoms with Gasteiger partial charge in [-0.3, -0.25) is 14.4 Å². The predicted octanol–water partition coefficient (Wildman–Crippen LogP) is 3.12. The maximum Gasteiger partial charge on any atom is 0.280 e. The van der Waals surface area contributed by atoms with Crippen molar-refractivity contribution in [3.8, 4) is 0 Å². The normalized spacial score (nSPS) is 10.7. The number of hydroxylamine groups is 1. The van der Waals surface area contributed by atoms with E-state index in [1.54, 1.807) is 20.0 Å². The number of nitrogens with zero attached hydrogens (tertiary/aromatic N) is 1. The lowest BCUT2D eigenvalue weighted by molar-refractivity contribution is 0.0262. The van der Waals surface area contributed by atoms with Crippen molar-refractivity contribution in [1.82, 2.24) is 10.0 Å².